The van der Waals surface area contributed by atoms with Gasteiger partial charge in [0.2, 0.25) is 0 Å². The first-order chi connectivity index (χ1) is 7.68. The normalized spacial score (nSPS) is 12.8. The summed E-state index contributed by atoms with van der Waals surface area (Å²) in [5.41, 5.74) is 0.0999. The van der Waals surface area contributed by atoms with Gasteiger partial charge in [0.05, 0.1) is 13.6 Å². The molecule has 0 saturated heterocycles. The van der Waals surface area contributed by atoms with Crippen LogP contribution in [0.3, 0.4) is 0 Å². The zero-order chi connectivity index (χ0) is 13.1. The molecule has 0 amide bonds. The highest BCUT2D eigenvalue weighted by molar-refractivity contribution is 6.76. The van der Waals surface area contributed by atoms with Gasteiger partial charge in [-0.2, -0.15) is 13.2 Å². The number of rotatable bonds is 4. The van der Waals surface area contributed by atoms with Crippen LogP contribution in [-0.4, -0.2) is 14.2 Å². The zero-order valence-corrected chi connectivity index (χ0v) is 11.4. The number of alkyl halides is 3. The molecule has 0 fully saturated rings. The van der Waals surface area contributed by atoms with Crippen LogP contribution < -0.4 is 5.32 Å². The minimum absolute atomic E-state index is 0.494. The maximum atomic E-state index is 12.5. The fraction of sp³-hybridized carbons (Fsp3) is 0.500. The van der Waals surface area contributed by atoms with Gasteiger partial charge in [0.25, 0.3) is 0 Å². The van der Waals surface area contributed by atoms with Gasteiger partial charge in [-0.25, -0.2) is 0 Å². The fourth-order valence-electron chi connectivity index (χ4n) is 1.44. The molecule has 0 aliphatic heterocycles. The Morgan fingerprint density at radius 3 is 2.35 bits per heavy atom. The predicted molar refractivity (Wildman–Crippen MR) is 66.5 cm³/mol. The Morgan fingerprint density at radius 1 is 1.18 bits per heavy atom. The highest BCUT2D eigenvalue weighted by Gasteiger charge is 2.30. The maximum absolute atomic E-state index is 12.5. The molecule has 0 spiro atoms. The standard InChI is InChI=1S/C12H18F3NSi/c1-17(2,3)9-16-8-10-5-4-6-11(7-10)12(13,14)15/h4-7,16H,8-9H2,1-3H3. The second kappa shape index (κ2) is 5.22. The summed E-state index contributed by atoms with van der Waals surface area (Å²) in [6.45, 7) is 7.14. The Balaban J connectivity index is 2.61. The van der Waals surface area contributed by atoms with E-state index < -0.39 is 19.8 Å². The first-order valence-electron chi connectivity index (χ1n) is 5.55. The van der Waals surface area contributed by atoms with E-state index in [2.05, 4.69) is 25.0 Å². The van der Waals surface area contributed by atoms with Gasteiger partial charge in [-0.15, -0.1) is 0 Å². The predicted octanol–water partition coefficient (Wildman–Crippen LogP) is 3.67. The van der Waals surface area contributed by atoms with E-state index in [0.717, 1.165) is 12.2 Å². The molecule has 0 bridgehead atoms. The van der Waals surface area contributed by atoms with Crippen molar-refractivity contribution in [1.82, 2.24) is 5.32 Å². The molecule has 0 unspecified atom stereocenters. The third kappa shape index (κ3) is 5.36. The third-order valence-electron chi connectivity index (χ3n) is 2.24. The van der Waals surface area contributed by atoms with Gasteiger partial charge in [-0.05, 0) is 17.8 Å². The summed E-state index contributed by atoms with van der Waals surface area (Å²) in [6.07, 6.45) is -3.35. The Bertz CT molecular complexity index is 369. The molecule has 0 atom stereocenters. The lowest BCUT2D eigenvalue weighted by molar-refractivity contribution is -0.137. The molecule has 1 N–H and O–H groups in total. The summed E-state index contributed by atoms with van der Waals surface area (Å²) in [5, 5.41) is 3.21. The summed E-state index contributed by atoms with van der Waals surface area (Å²) in [4.78, 5) is 0. The van der Waals surface area contributed by atoms with Crippen molar-refractivity contribution in [2.45, 2.75) is 32.4 Å². The van der Waals surface area contributed by atoms with Crippen molar-refractivity contribution in [2.24, 2.45) is 0 Å². The molecule has 1 aromatic carbocycles. The van der Waals surface area contributed by atoms with Crippen molar-refractivity contribution < 1.29 is 13.2 Å². The molecule has 5 heteroatoms. The van der Waals surface area contributed by atoms with Gasteiger partial charge in [0.1, 0.15) is 0 Å². The Kier molecular flexibility index (Phi) is 4.38. The zero-order valence-electron chi connectivity index (χ0n) is 10.4. The molecule has 1 rings (SSSR count). The molecule has 1 aromatic rings. The SMILES string of the molecule is C[Si](C)(C)CNCc1cccc(C(F)(F)F)c1. The first-order valence-corrected chi connectivity index (χ1v) is 9.26. The van der Waals surface area contributed by atoms with E-state index in [1.54, 1.807) is 6.07 Å². The van der Waals surface area contributed by atoms with Crippen LogP contribution in [0.2, 0.25) is 19.6 Å². The van der Waals surface area contributed by atoms with Crippen LogP contribution in [0.4, 0.5) is 13.2 Å². The summed E-state index contributed by atoms with van der Waals surface area (Å²) in [7, 11) is -1.19. The van der Waals surface area contributed by atoms with Crippen LogP contribution in [0.1, 0.15) is 11.1 Å². The number of benzene rings is 1. The summed E-state index contributed by atoms with van der Waals surface area (Å²) < 4.78 is 37.4. The third-order valence-corrected chi connectivity index (χ3v) is 3.55. The van der Waals surface area contributed by atoms with Crippen LogP contribution in [0.15, 0.2) is 24.3 Å². The minimum atomic E-state index is -4.26. The van der Waals surface area contributed by atoms with E-state index in [9.17, 15) is 13.2 Å². The molecule has 0 aromatic heterocycles. The molecule has 0 heterocycles. The lowest BCUT2D eigenvalue weighted by Crippen LogP contribution is -2.36. The average molecular weight is 261 g/mol. The van der Waals surface area contributed by atoms with Gasteiger partial charge in [-0.3, -0.25) is 0 Å². The first kappa shape index (κ1) is 14.2. The van der Waals surface area contributed by atoms with Gasteiger partial charge < -0.3 is 5.32 Å². The fourth-order valence-corrected chi connectivity index (χ4v) is 2.31. The van der Waals surface area contributed by atoms with Crippen molar-refractivity contribution in [1.29, 1.82) is 0 Å². The maximum Gasteiger partial charge on any atom is 0.416 e. The van der Waals surface area contributed by atoms with E-state index in [-0.39, 0.29) is 0 Å². The second-order valence-electron chi connectivity index (χ2n) is 5.36. The van der Waals surface area contributed by atoms with E-state index in [1.165, 1.54) is 12.1 Å². The monoisotopic (exact) mass is 261 g/mol. The van der Waals surface area contributed by atoms with Crippen LogP contribution in [0.5, 0.6) is 0 Å². The number of nitrogens with one attached hydrogen (secondary N) is 1. The lowest BCUT2D eigenvalue weighted by Gasteiger charge is -2.17. The van der Waals surface area contributed by atoms with Crippen molar-refractivity contribution in [3.63, 3.8) is 0 Å². The topological polar surface area (TPSA) is 12.0 Å². The van der Waals surface area contributed by atoms with Crippen molar-refractivity contribution in [2.75, 3.05) is 6.17 Å². The highest BCUT2D eigenvalue weighted by Crippen LogP contribution is 2.29. The van der Waals surface area contributed by atoms with E-state index >= 15 is 0 Å². The smallest absolute Gasteiger partial charge is 0.315 e. The van der Waals surface area contributed by atoms with Gasteiger partial charge >= 0.3 is 6.18 Å². The van der Waals surface area contributed by atoms with Crippen molar-refractivity contribution >= 4 is 8.07 Å². The molecule has 0 aliphatic rings. The van der Waals surface area contributed by atoms with E-state index in [1.807, 2.05) is 0 Å². The van der Waals surface area contributed by atoms with Crippen LogP contribution >= 0.6 is 0 Å². The molecular weight excluding hydrogens is 243 g/mol. The number of hydrogen-bond donors (Lipinski definition) is 1. The number of hydrogen-bond acceptors (Lipinski definition) is 1. The largest absolute Gasteiger partial charge is 0.416 e. The van der Waals surface area contributed by atoms with Crippen LogP contribution in [0, 0.1) is 0 Å². The quantitative estimate of drug-likeness (QED) is 0.815. The summed E-state index contributed by atoms with van der Waals surface area (Å²) in [6, 6.07) is 5.47. The molecular formula is C12H18F3NSi. The summed E-state index contributed by atoms with van der Waals surface area (Å²) >= 11 is 0. The molecule has 0 aliphatic carbocycles. The van der Waals surface area contributed by atoms with Crippen LogP contribution in [0.25, 0.3) is 0 Å². The van der Waals surface area contributed by atoms with Crippen molar-refractivity contribution in [3.8, 4) is 0 Å². The Labute approximate surface area is 101 Å². The molecule has 17 heavy (non-hydrogen) atoms. The van der Waals surface area contributed by atoms with Gasteiger partial charge in [0.15, 0.2) is 0 Å². The minimum Gasteiger partial charge on any atom is -0.315 e. The van der Waals surface area contributed by atoms with E-state index in [4.69, 9.17) is 0 Å². The Hall–Kier alpha value is -0.813. The molecule has 0 radical (unpaired) electrons. The number of halogens is 3. The highest BCUT2D eigenvalue weighted by atomic mass is 28.3. The second-order valence-corrected chi connectivity index (χ2v) is 10.8. The lowest BCUT2D eigenvalue weighted by atomic mass is 10.1. The van der Waals surface area contributed by atoms with E-state index in [0.29, 0.717) is 12.1 Å². The molecule has 1 nitrogen and oxygen atoms in total. The van der Waals surface area contributed by atoms with Gasteiger partial charge in [-0.1, -0.05) is 37.8 Å². The van der Waals surface area contributed by atoms with Crippen molar-refractivity contribution in [3.05, 3.63) is 35.4 Å². The van der Waals surface area contributed by atoms with Crippen LogP contribution in [-0.2, 0) is 12.7 Å². The Morgan fingerprint density at radius 2 is 1.82 bits per heavy atom. The van der Waals surface area contributed by atoms with Gasteiger partial charge in [0, 0.05) is 6.54 Å². The molecule has 0 saturated carbocycles. The average Bonchev–Trinajstić information content (AvgIpc) is 2.15. The summed E-state index contributed by atoms with van der Waals surface area (Å²) in [5.74, 6) is 0. The molecule has 96 valence electrons.